The molecule has 0 saturated carbocycles. The van der Waals surface area contributed by atoms with Crippen LogP contribution >= 0.6 is 11.3 Å². The van der Waals surface area contributed by atoms with Gasteiger partial charge in [0.1, 0.15) is 5.82 Å². The molecule has 3 aromatic heterocycles. The summed E-state index contributed by atoms with van der Waals surface area (Å²) in [7, 11) is 0. The second-order valence-corrected chi connectivity index (χ2v) is 7.18. The van der Waals surface area contributed by atoms with Crippen molar-refractivity contribution < 1.29 is 9.32 Å². The topological polar surface area (TPSA) is 75.4 Å². The van der Waals surface area contributed by atoms with Gasteiger partial charge in [0.05, 0.1) is 0 Å². The molecule has 0 atom stereocenters. The molecule has 0 bridgehead atoms. The van der Waals surface area contributed by atoms with E-state index in [1.807, 2.05) is 40.6 Å². The highest BCUT2D eigenvalue weighted by Crippen LogP contribution is 2.19. The van der Waals surface area contributed by atoms with Gasteiger partial charge in [-0.25, -0.2) is 4.98 Å². The number of thiophene rings is 1. The van der Waals surface area contributed by atoms with Crippen LogP contribution < -0.4 is 4.90 Å². The summed E-state index contributed by atoms with van der Waals surface area (Å²) < 4.78 is 5.00. The van der Waals surface area contributed by atoms with Crippen molar-refractivity contribution in [3.63, 3.8) is 0 Å². The van der Waals surface area contributed by atoms with Crippen LogP contribution in [0.25, 0.3) is 17.5 Å². The molecular weight excluding hydrogens is 362 g/mol. The summed E-state index contributed by atoms with van der Waals surface area (Å²) >= 11 is 1.62. The maximum Gasteiger partial charge on any atom is 0.246 e. The number of piperazine rings is 1. The predicted molar refractivity (Wildman–Crippen MR) is 104 cm³/mol. The molecule has 8 heteroatoms. The summed E-state index contributed by atoms with van der Waals surface area (Å²) in [5.74, 6) is 2.02. The number of hydrogen-bond donors (Lipinski definition) is 0. The molecule has 1 aliphatic rings. The van der Waals surface area contributed by atoms with E-state index in [4.69, 9.17) is 4.52 Å². The summed E-state index contributed by atoms with van der Waals surface area (Å²) in [4.78, 5) is 26.2. The van der Waals surface area contributed by atoms with Crippen molar-refractivity contribution in [2.45, 2.75) is 6.92 Å². The molecule has 4 heterocycles. The highest BCUT2D eigenvalue weighted by atomic mass is 32.1. The minimum Gasteiger partial charge on any atom is -0.353 e. The average molecular weight is 381 g/mol. The number of pyridine rings is 1. The van der Waals surface area contributed by atoms with Crippen LogP contribution in [-0.2, 0) is 4.79 Å². The van der Waals surface area contributed by atoms with E-state index in [0.29, 0.717) is 24.8 Å². The first-order valence-corrected chi connectivity index (χ1v) is 9.59. The van der Waals surface area contributed by atoms with Crippen LogP contribution in [0.2, 0.25) is 0 Å². The van der Waals surface area contributed by atoms with E-state index in [1.165, 1.54) is 0 Å². The molecule has 0 aliphatic carbocycles. The molecule has 0 spiro atoms. The third-order valence-corrected chi connectivity index (χ3v) is 5.22. The van der Waals surface area contributed by atoms with Gasteiger partial charge >= 0.3 is 0 Å². The molecule has 1 aliphatic heterocycles. The maximum atomic E-state index is 12.3. The van der Waals surface area contributed by atoms with Gasteiger partial charge in [-0.2, -0.15) is 4.98 Å². The Balaban J connectivity index is 1.34. The summed E-state index contributed by atoms with van der Waals surface area (Å²) in [6.45, 7) is 4.63. The maximum absolute atomic E-state index is 12.3. The van der Waals surface area contributed by atoms with Crippen molar-refractivity contribution in [1.29, 1.82) is 0 Å². The molecule has 1 saturated heterocycles. The van der Waals surface area contributed by atoms with E-state index in [2.05, 4.69) is 20.0 Å². The van der Waals surface area contributed by atoms with Crippen LogP contribution in [0.1, 0.15) is 10.8 Å². The molecule has 4 rings (SSSR count). The van der Waals surface area contributed by atoms with Gasteiger partial charge in [0, 0.05) is 55.8 Å². The lowest BCUT2D eigenvalue weighted by Gasteiger charge is -2.35. The molecule has 27 heavy (non-hydrogen) atoms. The quantitative estimate of drug-likeness (QED) is 0.647. The summed E-state index contributed by atoms with van der Waals surface area (Å²) in [5, 5.41) is 5.90. The number of carbonyl (C=O) groups excluding carboxylic acids is 1. The summed E-state index contributed by atoms with van der Waals surface area (Å²) in [6, 6.07) is 7.87. The number of nitrogens with zero attached hydrogens (tertiary/aromatic N) is 5. The van der Waals surface area contributed by atoms with Crippen molar-refractivity contribution in [1.82, 2.24) is 20.0 Å². The number of aromatic nitrogens is 3. The Kier molecular flexibility index (Phi) is 4.97. The zero-order chi connectivity index (χ0) is 18.6. The minimum absolute atomic E-state index is 0.0545. The second kappa shape index (κ2) is 7.71. The molecular formula is C19H19N5O2S. The lowest BCUT2D eigenvalue weighted by molar-refractivity contribution is -0.126. The minimum atomic E-state index is 0.0545. The van der Waals surface area contributed by atoms with Crippen LogP contribution in [0.5, 0.6) is 0 Å². The van der Waals surface area contributed by atoms with Crippen molar-refractivity contribution in [2.24, 2.45) is 0 Å². The van der Waals surface area contributed by atoms with Gasteiger partial charge in [0.25, 0.3) is 0 Å². The standard InChI is InChI=1S/C19H19N5O2S/c1-14-21-19(22-26-14)15-4-6-17(20-13-15)23-8-10-24(11-9-23)18(25)7-5-16-3-2-12-27-16/h2-7,12-13H,8-11H2,1H3/b7-5+. The Bertz CT molecular complexity index is 925. The van der Waals surface area contributed by atoms with Gasteiger partial charge in [-0.1, -0.05) is 11.2 Å². The Labute approximate surface area is 160 Å². The van der Waals surface area contributed by atoms with Crippen molar-refractivity contribution >= 4 is 29.1 Å². The van der Waals surface area contributed by atoms with Crippen LogP contribution in [0.3, 0.4) is 0 Å². The number of anilines is 1. The van der Waals surface area contributed by atoms with Crippen molar-refractivity contribution in [2.75, 3.05) is 31.1 Å². The Hall–Kier alpha value is -3.00. The lowest BCUT2D eigenvalue weighted by Crippen LogP contribution is -2.48. The van der Waals surface area contributed by atoms with E-state index < -0.39 is 0 Å². The summed E-state index contributed by atoms with van der Waals surface area (Å²) in [6.07, 6.45) is 5.28. The monoisotopic (exact) mass is 381 g/mol. The van der Waals surface area contributed by atoms with Crippen molar-refractivity contribution in [3.8, 4) is 11.4 Å². The highest BCUT2D eigenvalue weighted by Gasteiger charge is 2.20. The van der Waals surface area contributed by atoms with Gasteiger partial charge in [-0.05, 0) is 29.7 Å². The predicted octanol–water partition coefficient (Wildman–Crippen LogP) is 2.86. The van der Waals surface area contributed by atoms with E-state index in [-0.39, 0.29) is 5.91 Å². The summed E-state index contributed by atoms with van der Waals surface area (Å²) in [5.41, 5.74) is 0.822. The second-order valence-electron chi connectivity index (χ2n) is 6.20. The van der Waals surface area contributed by atoms with Gasteiger partial charge in [0.15, 0.2) is 0 Å². The van der Waals surface area contributed by atoms with Crippen LogP contribution in [-0.4, -0.2) is 52.1 Å². The van der Waals surface area contributed by atoms with E-state index in [0.717, 1.165) is 29.3 Å². The fraction of sp³-hybridized carbons (Fsp3) is 0.263. The molecule has 0 unspecified atom stereocenters. The molecule has 0 N–H and O–H groups in total. The fourth-order valence-electron chi connectivity index (χ4n) is 2.92. The van der Waals surface area contributed by atoms with E-state index >= 15 is 0 Å². The molecule has 1 amide bonds. The largest absolute Gasteiger partial charge is 0.353 e. The smallest absolute Gasteiger partial charge is 0.246 e. The molecule has 138 valence electrons. The van der Waals surface area contributed by atoms with E-state index in [1.54, 1.807) is 30.5 Å². The first-order chi connectivity index (χ1) is 13.2. The SMILES string of the molecule is Cc1nc(-c2ccc(N3CCN(C(=O)/C=C/c4cccs4)CC3)nc2)no1. The number of hydrogen-bond acceptors (Lipinski definition) is 7. The Morgan fingerprint density at radius 3 is 2.70 bits per heavy atom. The molecule has 1 fully saturated rings. The zero-order valence-corrected chi connectivity index (χ0v) is 15.7. The van der Waals surface area contributed by atoms with Gasteiger partial charge in [-0.15, -0.1) is 11.3 Å². The van der Waals surface area contributed by atoms with Crippen LogP contribution in [0.4, 0.5) is 5.82 Å². The Morgan fingerprint density at radius 2 is 2.07 bits per heavy atom. The normalized spacial score (nSPS) is 14.9. The molecule has 3 aromatic rings. The van der Waals surface area contributed by atoms with Gasteiger partial charge in [-0.3, -0.25) is 4.79 Å². The molecule has 0 radical (unpaired) electrons. The van der Waals surface area contributed by atoms with Crippen LogP contribution in [0, 0.1) is 6.92 Å². The van der Waals surface area contributed by atoms with Gasteiger partial charge < -0.3 is 14.3 Å². The lowest BCUT2D eigenvalue weighted by atomic mass is 10.2. The Morgan fingerprint density at radius 1 is 1.22 bits per heavy atom. The van der Waals surface area contributed by atoms with Crippen LogP contribution in [0.15, 0.2) is 46.4 Å². The third-order valence-electron chi connectivity index (χ3n) is 4.38. The number of amides is 1. The zero-order valence-electron chi connectivity index (χ0n) is 14.9. The number of rotatable bonds is 4. The first-order valence-electron chi connectivity index (χ1n) is 8.71. The fourth-order valence-corrected chi connectivity index (χ4v) is 3.54. The average Bonchev–Trinajstić information content (AvgIpc) is 3.38. The van der Waals surface area contributed by atoms with Gasteiger partial charge in [0.2, 0.25) is 17.6 Å². The number of aryl methyl sites for hydroxylation is 1. The third kappa shape index (κ3) is 4.06. The first kappa shape index (κ1) is 17.4. The molecule has 0 aromatic carbocycles. The van der Waals surface area contributed by atoms with Crippen molar-refractivity contribution in [3.05, 3.63) is 52.7 Å². The molecule has 7 nitrogen and oxygen atoms in total. The number of carbonyl (C=O) groups is 1. The van der Waals surface area contributed by atoms with E-state index in [9.17, 15) is 4.79 Å². The highest BCUT2D eigenvalue weighted by molar-refractivity contribution is 7.10.